The fourth-order valence-electron chi connectivity index (χ4n) is 4.22. The zero-order valence-corrected chi connectivity index (χ0v) is 19.4. The van der Waals surface area contributed by atoms with Gasteiger partial charge in [-0.25, -0.2) is 0 Å². The van der Waals surface area contributed by atoms with Crippen molar-refractivity contribution < 1.29 is 19.1 Å². The Balaban J connectivity index is 1.24. The Morgan fingerprint density at radius 3 is 2.23 bits per heavy atom. The highest BCUT2D eigenvalue weighted by Gasteiger charge is 2.35. The number of amides is 2. The van der Waals surface area contributed by atoms with E-state index in [4.69, 9.17) is 9.47 Å². The summed E-state index contributed by atoms with van der Waals surface area (Å²) in [6.07, 6.45) is -0.441. The van der Waals surface area contributed by atoms with Gasteiger partial charge in [-0.15, -0.1) is 10.2 Å². The molecule has 0 saturated heterocycles. The van der Waals surface area contributed by atoms with E-state index in [-0.39, 0.29) is 18.4 Å². The van der Waals surface area contributed by atoms with Crippen LogP contribution in [-0.4, -0.2) is 50.4 Å². The maximum atomic E-state index is 12.7. The maximum Gasteiger partial charge on any atom is 0.261 e. The largest absolute Gasteiger partial charge is 0.485 e. The van der Waals surface area contributed by atoms with Crippen LogP contribution in [-0.2, 0) is 0 Å². The number of carbonyl (C=O) groups is 2. The summed E-state index contributed by atoms with van der Waals surface area (Å²) in [4.78, 5) is 26.7. The average Bonchev–Trinajstić information content (AvgIpc) is 3.44. The highest BCUT2D eigenvalue weighted by molar-refractivity contribution is 7.99. The summed E-state index contributed by atoms with van der Waals surface area (Å²) in [7, 11) is 0. The molecule has 8 nitrogen and oxygen atoms in total. The van der Waals surface area contributed by atoms with Gasteiger partial charge in [0.2, 0.25) is 0 Å². The zero-order chi connectivity index (χ0) is 23.8. The van der Waals surface area contributed by atoms with Crippen LogP contribution in [0.3, 0.4) is 0 Å². The van der Waals surface area contributed by atoms with E-state index in [0.717, 1.165) is 5.69 Å². The van der Waals surface area contributed by atoms with Gasteiger partial charge >= 0.3 is 0 Å². The lowest BCUT2D eigenvalue weighted by Gasteiger charge is -2.26. The third kappa shape index (κ3) is 3.83. The molecular weight excluding hydrogens is 464 g/mol. The molecule has 0 saturated carbocycles. The second kappa shape index (κ2) is 8.92. The van der Waals surface area contributed by atoms with Crippen molar-refractivity contribution in [2.75, 3.05) is 18.9 Å². The maximum absolute atomic E-state index is 12.7. The van der Waals surface area contributed by atoms with Gasteiger partial charge in [-0.1, -0.05) is 54.2 Å². The minimum absolute atomic E-state index is 0.261. The van der Waals surface area contributed by atoms with Crippen molar-refractivity contribution in [3.63, 3.8) is 0 Å². The molecule has 2 aliphatic rings. The van der Waals surface area contributed by atoms with Crippen molar-refractivity contribution in [1.82, 2.24) is 19.7 Å². The van der Waals surface area contributed by atoms with Crippen LogP contribution >= 0.6 is 11.8 Å². The second-order valence-electron chi connectivity index (χ2n) is 8.03. The van der Waals surface area contributed by atoms with E-state index in [2.05, 4.69) is 10.2 Å². The first kappa shape index (κ1) is 21.4. The molecule has 35 heavy (non-hydrogen) atoms. The molecule has 0 radical (unpaired) electrons. The Labute approximate surface area is 205 Å². The summed E-state index contributed by atoms with van der Waals surface area (Å²) in [5.41, 5.74) is 1.79. The van der Waals surface area contributed by atoms with Gasteiger partial charge in [0.05, 0.1) is 11.1 Å². The first-order chi connectivity index (χ1) is 17.2. The van der Waals surface area contributed by atoms with Crippen molar-refractivity contribution >= 4 is 23.6 Å². The van der Waals surface area contributed by atoms with E-state index in [1.165, 1.54) is 16.7 Å². The minimum atomic E-state index is -0.441. The molecule has 3 aromatic carbocycles. The topological polar surface area (TPSA) is 86.6 Å². The van der Waals surface area contributed by atoms with E-state index in [9.17, 15) is 9.59 Å². The van der Waals surface area contributed by atoms with Gasteiger partial charge in [0, 0.05) is 18.0 Å². The van der Waals surface area contributed by atoms with Crippen LogP contribution in [0.5, 0.6) is 11.5 Å². The van der Waals surface area contributed by atoms with Gasteiger partial charge in [-0.3, -0.25) is 19.1 Å². The first-order valence-electron chi connectivity index (χ1n) is 11.2. The number of hydrogen-bond donors (Lipinski definition) is 0. The van der Waals surface area contributed by atoms with E-state index < -0.39 is 6.10 Å². The van der Waals surface area contributed by atoms with Gasteiger partial charge in [-0.2, -0.15) is 0 Å². The highest BCUT2D eigenvalue weighted by Crippen LogP contribution is 2.37. The van der Waals surface area contributed by atoms with Crippen LogP contribution in [0.15, 0.2) is 84.0 Å². The zero-order valence-electron chi connectivity index (χ0n) is 18.5. The quantitative estimate of drug-likeness (QED) is 0.300. The number of hydrogen-bond acceptors (Lipinski definition) is 7. The normalized spacial score (nSPS) is 16.5. The summed E-state index contributed by atoms with van der Waals surface area (Å²) >= 11 is 1.43. The number of ether oxygens (including phenoxy) is 2. The minimum Gasteiger partial charge on any atom is -0.485 e. The Bertz CT molecular complexity index is 1390. The molecule has 174 valence electrons. The van der Waals surface area contributed by atoms with E-state index >= 15 is 0 Å². The van der Waals surface area contributed by atoms with Crippen LogP contribution in [0.1, 0.15) is 32.6 Å². The lowest BCUT2D eigenvalue weighted by molar-refractivity contribution is 0.0664. The van der Waals surface area contributed by atoms with Gasteiger partial charge in [-0.05, 0) is 36.4 Å². The predicted octanol–water partition coefficient (Wildman–Crippen LogP) is 4.17. The van der Waals surface area contributed by atoms with Crippen LogP contribution in [0.2, 0.25) is 0 Å². The van der Waals surface area contributed by atoms with Crippen molar-refractivity contribution in [1.29, 1.82) is 0 Å². The van der Waals surface area contributed by atoms with Gasteiger partial charge < -0.3 is 9.47 Å². The molecule has 0 bridgehead atoms. The molecule has 4 aromatic rings. The lowest BCUT2D eigenvalue weighted by atomic mass is 10.1. The number of benzene rings is 3. The molecular formula is C26H20N4O4S. The van der Waals surface area contributed by atoms with Crippen LogP contribution in [0.4, 0.5) is 0 Å². The third-order valence-corrected chi connectivity index (χ3v) is 6.80. The number of para-hydroxylation sites is 3. The molecule has 6 rings (SSSR count). The summed E-state index contributed by atoms with van der Waals surface area (Å²) in [5.74, 6) is 1.93. The van der Waals surface area contributed by atoms with Gasteiger partial charge in [0.1, 0.15) is 6.61 Å². The Kier molecular flexibility index (Phi) is 5.46. The molecule has 9 heteroatoms. The molecule has 0 unspecified atom stereocenters. The third-order valence-electron chi connectivity index (χ3n) is 5.89. The van der Waals surface area contributed by atoms with Crippen molar-refractivity contribution in [2.24, 2.45) is 0 Å². The molecule has 1 aromatic heterocycles. The fourth-order valence-corrected chi connectivity index (χ4v) is 5.10. The van der Waals surface area contributed by atoms with Gasteiger partial charge in [0.25, 0.3) is 11.8 Å². The highest BCUT2D eigenvalue weighted by atomic mass is 32.2. The molecule has 0 fully saturated rings. The Morgan fingerprint density at radius 2 is 1.49 bits per heavy atom. The molecule has 0 aliphatic carbocycles. The molecule has 2 amide bonds. The number of rotatable bonds is 6. The fraction of sp³-hybridized carbons (Fsp3) is 0.154. The molecule has 1 atom stereocenters. The Hall–Kier alpha value is -4.11. The molecule has 3 heterocycles. The lowest BCUT2D eigenvalue weighted by Crippen LogP contribution is -2.31. The number of carbonyl (C=O) groups excluding carboxylic acids is 2. The first-order valence-corrected chi connectivity index (χ1v) is 12.2. The van der Waals surface area contributed by atoms with Crippen molar-refractivity contribution in [3.05, 3.63) is 95.8 Å². The number of aromatic nitrogens is 3. The van der Waals surface area contributed by atoms with Crippen molar-refractivity contribution in [2.45, 2.75) is 11.3 Å². The van der Waals surface area contributed by atoms with Crippen LogP contribution < -0.4 is 9.47 Å². The van der Waals surface area contributed by atoms with E-state index in [1.54, 1.807) is 24.3 Å². The SMILES string of the molecule is O=C1c2ccccc2C(=O)N1CCSc1nnc([C@H]2COc3ccccc3O2)n1-c1ccccc1. The number of thioether (sulfide) groups is 1. The molecule has 0 N–H and O–H groups in total. The molecule has 0 spiro atoms. The predicted molar refractivity (Wildman–Crippen MR) is 129 cm³/mol. The Morgan fingerprint density at radius 1 is 0.829 bits per heavy atom. The smallest absolute Gasteiger partial charge is 0.261 e. The number of imide groups is 1. The van der Waals surface area contributed by atoms with Crippen LogP contribution in [0, 0.1) is 0 Å². The van der Waals surface area contributed by atoms with Crippen LogP contribution in [0.25, 0.3) is 5.69 Å². The summed E-state index contributed by atoms with van der Waals surface area (Å²) in [6, 6.07) is 24.2. The summed E-state index contributed by atoms with van der Waals surface area (Å²) in [5, 5.41) is 9.50. The molecule has 2 aliphatic heterocycles. The summed E-state index contributed by atoms with van der Waals surface area (Å²) in [6.45, 7) is 0.575. The second-order valence-corrected chi connectivity index (χ2v) is 9.09. The van der Waals surface area contributed by atoms with E-state index in [0.29, 0.717) is 46.0 Å². The average molecular weight is 485 g/mol. The van der Waals surface area contributed by atoms with Gasteiger partial charge in [0.15, 0.2) is 28.6 Å². The summed E-state index contributed by atoms with van der Waals surface area (Å²) < 4.78 is 14.0. The van der Waals surface area contributed by atoms with Crippen molar-refractivity contribution in [3.8, 4) is 17.2 Å². The monoisotopic (exact) mass is 484 g/mol. The number of fused-ring (bicyclic) bond motifs is 2. The number of nitrogens with zero attached hydrogens (tertiary/aromatic N) is 4. The standard InChI is InChI=1S/C26H20N4O4S/c31-24-18-10-4-5-11-19(18)25(32)29(24)14-15-35-26-28-27-23(30(26)17-8-2-1-3-9-17)22-16-33-20-12-6-7-13-21(20)34-22/h1-13,22H,14-16H2/t22-/m1/s1. The van der Waals surface area contributed by atoms with E-state index in [1.807, 2.05) is 59.2 Å².